The van der Waals surface area contributed by atoms with Gasteiger partial charge in [-0.3, -0.25) is 9.59 Å². The summed E-state index contributed by atoms with van der Waals surface area (Å²) in [5.41, 5.74) is 11.1. The maximum atomic E-state index is 11.4. The second-order valence-electron chi connectivity index (χ2n) is 3.75. The van der Waals surface area contributed by atoms with Gasteiger partial charge in [-0.2, -0.15) is 0 Å². The van der Waals surface area contributed by atoms with E-state index in [9.17, 15) is 9.59 Å². The fourth-order valence-electron chi connectivity index (χ4n) is 1.30. The predicted octanol–water partition coefficient (Wildman–Crippen LogP) is 0.0293. The highest BCUT2D eigenvalue weighted by Gasteiger charge is 2.04. The average Bonchev–Trinajstić information content (AvgIpc) is 2.33. The van der Waals surface area contributed by atoms with Gasteiger partial charge < -0.3 is 21.5 Å². The minimum absolute atomic E-state index is 0.106. The van der Waals surface area contributed by atoms with Crippen molar-refractivity contribution in [3.8, 4) is 5.75 Å². The average molecular weight is 251 g/mol. The number of carbonyl (C=O) groups is 2. The maximum Gasteiger partial charge on any atom is 0.257 e. The van der Waals surface area contributed by atoms with Crippen LogP contribution in [0.25, 0.3) is 0 Å². The minimum Gasteiger partial charge on any atom is -0.482 e. The van der Waals surface area contributed by atoms with Crippen molar-refractivity contribution in [3.63, 3.8) is 0 Å². The number of ether oxygens (including phenoxy) is 1. The Labute approximate surface area is 105 Å². The number of nitrogen functional groups attached to an aromatic ring is 1. The van der Waals surface area contributed by atoms with E-state index in [0.717, 1.165) is 0 Å². The van der Waals surface area contributed by atoms with Gasteiger partial charge in [0.15, 0.2) is 6.61 Å². The van der Waals surface area contributed by atoms with Crippen LogP contribution in [0.1, 0.15) is 12.8 Å². The number of carbonyl (C=O) groups excluding carboxylic acids is 2. The molecule has 0 atom stereocenters. The molecule has 0 fully saturated rings. The van der Waals surface area contributed by atoms with Gasteiger partial charge in [-0.05, 0) is 18.6 Å². The lowest BCUT2D eigenvalue weighted by molar-refractivity contribution is -0.123. The number of para-hydroxylation sites is 2. The van der Waals surface area contributed by atoms with Crippen molar-refractivity contribution in [2.24, 2.45) is 5.73 Å². The topological polar surface area (TPSA) is 107 Å². The van der Waals surface area contributed by atoms with Crippen molar-refractivity contribution in [2.45, 2.75) is 12.8 Å². The molecule has 1 rings (SSSR count). The van der Waals surface area contributed by atoms with Crippen molar-refractivity contribution in [1.29, 1.82) is 0 Å². The molecule has 0 bridgehead atoms. The molecule has 18 heavy (non-hydrogen) atoms. The van der Waals surface area contributed by atoms with E-state index in [-0.39, 0.29) is 24.8 Å². The Kier molecular flexibility index (Phi) is 5.50. The second kappa shape index (κ2) is 7.16. The molecule has 0 aliphatic rings. The number of primary amides is 1. The SMILES string of the molecule is NC(=O)CCCNC(=O)COc1ccccc1N. The van der Waals surface area contributed by atoms with Crippen LogP contribution in [0.2, 0.25) is 0 Å². The Bertz CT molecular complexity index is 421. The Morgan fingerprint density at radius 3 is 2.67 bits per heavy atom. The number of nitrogens with two attached hydrogens (primary N) is 2. The first-order valence-electron chi connectivity index (χ1n) is 5.62. The van der Waals surface area contributed by atoms with Gasteiger partial charge in [0, 0.05) is 13.0 Å². The summed E-state index contributed by atoms with van der Waals surface area (Å²) >= 11 is 0. The van der Waals surface area contributed by atoms with Crippen molar-refractivity contribution in [1.82, 2.24) is 5.32 Å². The Balaban J connectivity index is 2.21. The molecule has 98 valence electrons. The van der Waals surface area contributed by atoms with Gasteiger partial charge in [-0.15, -0.1) is 0 Å². The third-order valence-electron chi connectivity index (χ3n) is 2.20. The zero-order valence-corrected chi connectivity index (χ0v) is 10.0. The predicted molar refractivity (Wildman–Crippen MR) is 67.8 cm³/mol. The first kappa shape index (κ1) is 13.8. The molecule has 0 unspecified atom stereocenters. The summed E-state index contributed by atoms with van der Waals surface area (Å²) in [7, 11) is 0. The highest BCUT2D eigenvalue weighted by molar-refractivity contribution is 5.78. The van der Waals surface area contributed by atoms with Crippen LogP contribution >= 0.6 is 0 Å². The minimum atomic E-state index is -0.377. The monoisotopic (exact) mass is 251 g/mol. The number of anilines is 1. The lowest BCUT2D eigenvalue weighted by atomic mass is 10.3. The summed E-state index contributed by atoms with van der Waals surface area (Å²) in [6, 6.07) is 6.94. The molecule has 0 aliphatic heterocycles. The van der Waals surface area contributed by atoms with Crippen LogP contribution in [0, 0.1) is 0 Å². The Hall–Kier alpha value is -2.24. The first-order chi connectivity index (χ1) is 8.59. The fourth-order valence-corrected chi connectivity index (χ4v) is 1.30. The van der Waals surface area contributed by atoms with E-state index in [1.54, 1.807) is 24.3 Å². The molecule has 0 aromatic heterocycles. The summed E-state index contributed by atoms with van der Waals surface area (Å²) in [5, 5.41) is 2.62. The van der Waals surface area contributed by atoms with Gasteiger partial charge in [0.25, 0.3) is 5.91 Å². The lowest BCUT2D eigenvalue weighted by Crippen LogP contribution is -2.30. The zero-order chi connectivity index (χ0) is 13.4. The molecule has 0 saturated carbocycles. The molecule has 0 saturated heterocycles. The van der Waals surface area contributed by atoms with E-state index >= 15 is 0 Å². The van der Waals surface area contributed by atoms with Gasteiger partial charge in [-0.25, -0.2) is 0 Å². The molecule has 6 nitrogen and oxygen atoms in total. The summed E-state index contributed by atoms with van der Waals surface area (Å²) in [6.07, 6.45) is 0.779. The number of amides is 2. The highest BCUT2D eigenvalue weighted by atomic mass is 16.5. The van der Waals surface area contributed by atoms with Gasteiger partial charge >= 0.3 is 0 Å². The van der Waals surface area contributed by atoms with Crippen LogP contribution in [-0.4, -0.2) is 25.0 Å². The third-order valence-corrected chi connectivity index (χ3v) is 2.20. The van der Waals surface area contributed by atoms with Gasteiger partial charge in [0.1, 0.15) is 5.75 Å². The second-order valence-corrected chi connectivity index (χ2v) is 3.75. The van der Waals surface area contributed by atoms with E-state index in [4.69, 9.17) is 16.2 Å². The molecule has 0 radical (unpaired) electrons. The highest BCUT2D eigenvalue weighted by Crippen LogP contribution is 2.19. The van der Waals surface area contributed by atoms with Crippen LogP contribution in [0.5, 0.6) is 5.75 Å². The van der Waals surface area contributed by atoms with E-state index in [0.29, 0.717) is 24.4 Å². The van der Waals surface area contributed by atoms with E-state index in [1.165, 1.54) is 0 Å². The molecule has 1 aromatic rings. The number of hydrogen-bond donors (Lipinski definition) is 3. The fraction of sp³-hybridized carbons (Fsp3) is 0.333. The zero-order valence-electron chi connectivity index (χ0n) is 10.0. The molecular formula is C12H17N3O3. The molecule has 1 aromatic carbocycles. The van der Waals surface area contributed by atoms with Crippen LogP contribution < -0.4 is 21.5 Å². The summed E-state index contributed by atoms with van der Waals surface area (Å²) in [4.78, 5) is 21.8. The van der Waals surface area contributed by atoms with Crippen molar-refractivity contribution < 1.29 is 14.3 Å². The standard InChI is InChI=1S/C12H17N3O3/c13-9-4-1-2-5-10(9)18-8-12(17)15-7-3-6-11(14)16/h1-2,4-5H,3,6-8,13H2,(H2,14,16)(H,15,17). The number of hydrogen-bond acceptors (Lipinski definition) is 4. The number of benzene rings is 1. The van der Waals surface area contributed by atoms with E-state index in [1.807, 2.05) is 0 Å². The Morgan fingerprint density at radius 2 is 2.00 bits per heavy atom. The van der Waals surface area contributed by atoms with E-state index in [2.05, 4.69) is 5.32 Å². The van der Waals surface area contributed by atoms with Crippen LogP contribution in [0.15, 0.2) is 24.3 Å². The number of nitrogens with one attached hydrogen (secondary N) is 1. The molecule has 2 amide bonds. The van der Waals surface area contributed by atoms with Crippen molar-refractivity contribution in [3.05, 3.63) is 24.3 Å². The lowest BCUT2D eigenvalue weighted by Gasteiger charge is -2.08. The number of rotatable bonds is 7. The molecule has 0 heterocycles. The van der Waals surface area contributed by atoms with E-state index < -0.39 is 0 Å². The largest absolute Gasteiger partial charge is 0.482 e. The smallest absolute Gasteiger partial charge is 0.257 e. The van der Waals surface area contributed by atoms with Crippen LogP contribution in [0.4, 0.5) is 5.69 Å². The summed E-state index contributed by atoms with van der Waals surface area (Å²) in [6.45, 7) is 0.292. The van der Waals surface area contributed by atoms with Gasteiger partial charge in [-0.1, -0.05) is 12.1 Å². The quantitative estimate of drug-likeness (QED) is 0.469. The molecule has 0 aliphatic carbocycles. The normalized spacial score (nSPS) is 9.78. The third kappa shape index (κ3) is 5.20. The molecule has 0 spiro atoms. The van der Waals surface area contributed by atoms with Gasteiger partial charge in [0.2, 0.25) is 5.91 Å². The molecule has 6 heteroatoms. The van der Waals surface area contributed by atoms with Crippen LogP contribution in [0.3, 0.4) is 0 Å². The molecule has 5 N–H and O–H groups in total. The maximum absolute atomic E-state index is 11.4. The molecular weight excluding hydrogens is 234 g/mol. The first-order valence-corrected chi connectivity index (χ1v) is 5.62. The Morgan fingerprint density at radius 1 is 1.28 bits per heavy atom. The van der Waals surface area contributed by atoms with Crippen molar-refractivity contribution in [2.75, 3.05) is 18.9 Å². The van der Waals surface area contributed by atoms with Crippen LogP contribution in [-0.2, 0) is 9.59 Å². The van der Waals surface area contributed by atoms with Crippen molar-refractivity contribution >= 4 is 17.5 Å². The summed E-state index contributed by atoms with van der Waals surface area (Å²) < 4.78 is 5.25. The summed E-state index contributed by atoms with van der Waals surface area (Å²) in [5.74, 6) is -0.162. The van der Waals surface area contributed by atoms with Gasteiger partial charge in [0.05, 0.1) is 5.69 Å².